The third kappa shape index (κ3) is 3.93. The van der Waals surface area contributed by atoms with E-state index in [4.69, 9.17) is 4.84 Å². The first-order valence-electron chi connectivity index (χ1n) is 9.51. The molecular weight excluding hydrogens is 356 g/mol. The zero-order chi connectivity index (χ0) is 20.3. The lowest BCUT2D eigenvalue weighted by Gasteiger charge is -2.12. The highest BCUT2D eigenvalue weighted by Crippen LogP contribution is 2.15. The Hall–Kier alpha value is -3.09. The van der Waals surface area contributed by atoms with E-state index in [-0.39, 0.29) is 17.8 Å². The van der Waals surface area contributed by atoms with Gasteiger partial charge >= 0.3 is 5.69 Å². The second-order valence-corrected chi connectivity index (χ2v) is 7.13. The van der Waals surface area contributed by atoms with Gasteiger partial charge in [0.1, 0.15) is 6.33 Å². The van der Waals surface area contributed by atoms with Crippen molar-refractivity contribution in [1.82, 2.24) is 18.8 Å². The van der Waals surface area contributed by atoms with Crippen LogP contribution in [0.5, 0.6) is 5.75 Å². The summed E-state index contributed by atoms with van der Waals surface area (Å²) in [5.74, 6) is 0.589. The molecule has 2 heterocycles. The summed E-state index contributed by atoms with van der Waals surface area (Å²) in [5, 5.41) is 0. The summed E-state index contributed by atoms with van der Waals surface area (Å²) in [6.07, 6.45) is 5.06. The fourth-order valence-corrected chi connectivity index (χ4v) is 2.90. The number of imidazole rings is 1. The van der Waals surface area contributed by atoms with Gasteiger partial charge in [-0.15, -0.1) is 0 Å². The molecule has 7 nitrogen and oxygen atoms in total. The minimum Gasteiger partial charge on any atom is -0.373 e. The highest BCUT2D eigenvalue weighted by molar-refractivity contribution is 5.69. The van der Waals surface area contributed by atoms with Gasteiger partial charge in [0.05, 0.1) is 0 Å². The van der Waals surface area contributed by atoms with Gasteiger partial charge < -0.3 is 4.84 Å². The summed E-state index contributed by atoms with van der Waals surface area (Å²) < 4.78 is 4.15. The Balaban J connectivity index is 2.17. The molecule has 0 radical (unpaired) electrons. The van der Waals surface area contributed by atoms with E-state index < -0.39 is 5.56 Å². The van der Waals surface area contributed by atoms with Gasteiger partial charge in [0.25, 0.3) is 5.56 Å². The van der Waals surface area contributed by atoms with E-state index in [1.807, 2.05) is 51.1 Å². The van der Waals surface area contributed by atoms with Crippen LogP contribution in [0, 0.1) is 6.92 Å². The Bertz CT molecular complexity index is 1110. The Morgan fingerprint density at radius 2 is 1.86 bits per heavy atom. The zero-order valence-corrected chi connectivity index (χ0v) is 16.8. The number of aromatic nitrogens is 4. The lowest BCUT2D eigenvalue weighted by molar-refractivity contribution is 0.226. The Morgan fingerprint density at radius 1 is 1.14 bits per heavy atom. The van der Waals surface area contributed by atoms with Gasteiger partial charge in [0, 0.05) is 13.1 Å². The maximum absolute atomic E-state index is 13.1. The van der Waals surface area contributed by atoms with Gasteiger partial charge in [0.15, 0.2) is 16.9 Å². The van der Waals surface area contributed by atoms with Gasteiger partial charge in [0.2, 0.25) is 0 Å². The minimum atomic E-state index is -0.408. The van der Waals surface area contributed by atoms with E-state index in [2.05, 4.69) is 11.9 Å². The SMILES string of the molecule is CCCCn1c(=O)n(CC=C(C)C)c(=O)c2c1ncn2Oc1ccc(C)cc1. The van der Waals surface area contributed by atoms with E-state index >= 15 is 0 Å². The van der Waals surface area contributed by atoms with Crippen LogP contribution in [-0.4, -0.2) is 18.8 Å². The molecule has 7 heteroatoms. The molecule has 0 saturated carbocycles. The molecule has 0 N–H and O–H groups in total. The highest BCUT2D eigenvalue weighted by Gasteiger charge is 2.18. The van der Waals surface area contributed by atoms with Crippen molar-refractivity contribution < 1.29 is 4.84 Å². The number of hydrogen-bond acceptors (Lipinski definition) is 4. The largest absolute Gasteiger partial charge is 0.373 e. The summed E-state index contributed by atoms with van der Waals surface area (Å²) in [6, 6.07) is 7.52. The molecule has 0 atom stereocenters. The van der Waals surface area contributed by atoms with Crippen molar-refractivity contribution >= 4 is 11.2 Å². The van der Waals surface area contributed by atoms with Gasteiger partial charge in [-0.1, -0.05) is 42.7 Å². The number of aryl methyl sites for hydroxylation is 2. The van der Waals surface area contributed by atoms with Crippen LogP contribution in [0.15, 0.2) is 51.8 Å². The molecule has 0 aliphatic rings. The maximum atomic E-state index is 13.1. The molecule has 148 valence electrons. The molecule has 0 aliphatic heterocycles. The molecule has 0 unspecified atom stereocenters. The van der Waals surface area contributed by atoms with Gasteiger partial charge in [-0.3, -0.25) is 13.9 Å². The smallest absolute Gasteiger partial charge is 0.333 e. The fraction of sp³-hybridized carbons (Fsp3) is 0.381. The predicted octanol–water partition coefficient (Wildman–Crippen LogP) is 3.28. The Kier molecular flexibility index (Phi) is 5.82. The van der Waals surface area contributed by atoms with Crippen LogP contribution in [0.1, 0.15) is 39.2 Å². The molecule has 0 aliphatic carbocycles. The van der Waals surface area contributed by atoms with Crippen LogP contribution in [0.25, 0.3) is 11.2 Å². The first-order chi connectivity index (χ1) is 13.4. The number of allylic oxidation sites excluding steroid dienone is 2. The van der Waals surface area contributed by atoms with E-state index in [1.54, 1.807) is 4.57 Å². The van der Waals surface area contributed by atoms with E-state index in [0.29, 0.717) is 17.9 Å². The predicted molar refractivity (Wildman–Crippen MR) is 110 cm³/mol. The molecule has 0 spiro atoms. The third-order valence-electron chi connectivity index (χ3n) is 4.52. The van der Waals surface area contributed by atoms with Crippen molar-refractivity contribution in [3.8, 4) is 5.75 Å². The average molecular weight is 382 g/mol. The summed E-state index contributed by atoms with van der Waals surface area (Å²) in [7, 11) is 0. The van der Waals surface area contributed by atoms with Crippen LogP contribution in [0.4, 0.5) is 0 Å². The van der Waals surface area contributed by atoms with Crippen LogP contribution >= 0.6 is 0 Å². The van der Waals surface area contributed by atoms with Gasteiger partial charge in [-0.05, 0) is 39.3 Å². The maximum Gasteiger partial charge on any atom is 0.333 e. The van der Waals surface area contributed by atoms with Crippen LogP contribution in [0.2, 0.25) is 0 Å². The number of rotatable bonds is 7. The normalized spacial score (nSPS) is 11.0. The van der Waals surface area contributed by atoms with Crippen molar-refractivity contribution in [1.29, 1.82) is 0 Å². The lowest BCUT2D eigenvalue weighted by Crippen LogP contribution is -2.40. The summed E-state index contributed by atoms with van der Waals surface area (Å²) >= 11 is 0. The average Bonchev–Trinajstić information content (AvgIpc) is 3.07. The molecular formula is C21H26N4O3. The molecule has 0 amide bonds. The van der Waals surface area contributed by atoms with Crippen molar-refractivity contribution in [3.63, 3.8) is 0 Å². The molecule has 0 bridgehead atoms. The number of nitrogens with zero attached hydrogens (tertiary/aromatic N) is 4. The summed E-state index contributed by atoms with van der Waals surface area (Å²) in [5.41, 5.74) is 2.01. The number of benzene rings is 1. The van der Waals surface area contributed by atoms with Crippen LogP contribution in [0.3, 0.4) is 0 Å². The zero-order valence-electron chi connectivity index (χ0n) is 16.8. The highest BCUT2D eigenvalue weighted by atomic mass is 16.7. The molecule has 1 aromatic carbocycles. The van der Waals surface area contributed by atoms with E-state index in [9.17, 15) is 9.59 Å². The Morgan fingerprint density at radius 3 is 2.50 bits per heavy atom. The Labute approximate surface area is 163 Å². The van der Waals surface area contributed by atoms with E-state index in [0.717, 1.165) is 24.0 Å². The monoisotopic (exact) mass is 382 g/mol. The minimum absolute atomic E-state index is 0.220. The molecule has 0 fully saturated rings. The van der Waals surface area contributed by atoms with Crippen LogP contribution < -0.4 is 16.1 Å². The fourth-order valence-electron chi connectivity index (χ4n) is 2.90. The first kappa shape index (κ1) is 19.7. The van der Waals surface area contributed by atoms with Gasteiger partial charge in [-0.2, -0.15) is 4.73 Å². The number of hydrogen-bond donors (Lipinski definition) is 0. The summed E-state index contributed by atoms with van der Waals surface area (Å²) in [6.45, 7) is 8.64. The van der Waals surface area contributed by atoms with Crippen LogP contribution in [-0.2, 0) is 13.1 Å². The lowest BCUT2D eigenvalue weighted by atomic mass is 10.2. The quantitative estimate of drug-likeness (QED) is 0.588. The molecule has 0 saturated heterocycles. The topological polar surface area (TPSA) is 71.0 Å². The molecule has 3 aromatic rings. The summed E-state index contributed by atoms with van der Waals surface area (Å²) in [4.78, 5) is 36.2. The number of fused-ring (bicyclic) bond motifs is 1. The number of unbranched alkanes of at least 4 members (excludes halogenated alkanes) is 1. The van der Waals surface area contributed by atoms with E-state index in [1.165, 1.54) is 15.6 Å². The van der Waals surface area contributed by atoms with Crippen molar-refractivity contribution in [2.45, 2.75) is 53.6 Å². The molecule has 28 heavy (non-hydrogen) atoms. The standard InChI is InChI=1S/C21H26N4O3/c1-5-6-12-23-19-18(20(26)24(21(23)27)13-11-15(2)3)25(14-22-19)28-17-9-7-16(4)8-10-17/h7-11,14H,5-6,12-13H2,1-4H3. The van der Waals surface area contributed by atoms with Crippen molar-refractivity contribution in [2.75, 3.05) is 0 Å². The second-order valence-electron chi connectivity index (χ2n) is 7.13. The van der Waals surface area contributed by atoms with Gasteiger partial charge in [-0.25, -0.2) is 9.78 Å². The third-order valence-corrected chi connectivity index (χ3v) is 4.52. The first-order valence-corrected chi connectivity index (χ1v) is 9.51. The van der Waals surface area contributed by atoms with Crippen molar-refractivity contribution in [2.24, 2.45) is 0 Å². The second kappa shape index (κ2) is 8.29. The van der Waals surface area contributed by atoms with Crippen molar-refractivity contribution in [3.05, 3.63) is 68.6 Å². The molecule has 3 rings (SSSR count). The molecule has 2 aromatic heterocycles.